The SMILES string of the molecule is CCC(C)(CC)CC1CC1(C(=O)O)c1ccc(S(C)(=O)=O)cc1. The molecule has 5 heteroatoms. The quantitative estimate of drug-likeness (QED) is 0.824. The molecule has 128 valence electrons. The first-order valence-corrected chi connectivity index (χ1v) is 10.0. The molecular weight excluding hydrogens is 312 g/mol. The molecule has 0 aliphatic heterocycles. The summed E-state index contributed by atoms with van der Waals surface area (Å²) in [5.41, 5.74) is 0.0351. The smallest absolute Gasteiger partial charge is 0.314 e. The van der Waals surface area contributed by atoms with Gasteiger partial charge in [-0.15, -0.1) is 0 Å². The maximum absolute atomic E-state index is 11.9. The summed E-state index contributed by atoms with van der Waals surface area (Å²) in [5.74, 6) is -0.682. The molecule has 1 fully saturated rings. The molecule has 0 radical (unpaired) electrons. The average Bonchev–Trinajstić information content (AvgIpc) is 3.21. The van der Waals surface area contributed by atoms with Crippen LogP contribution in [0.2, 0.25) is 0 Å². The second-order valence-electron chi connectivity index (χ2n) is 7.20. The van der Waals surface area contributed by atoms with E-state index in [9.17, 15) is 18.3 Å². The van der Waals surface area contributed by atoms with Crippen LogP contribution < -0.4 is 0 Å². The van der Waals surface area contributed by atoms with Crippen molar-refractivity contribution in [2.75, 3.05) is 6.26 Å². The van der Waals surface area contributed by atoms with Gasteiger partial charge in [0.15, 0.2) is 9.84 Å². The predicted octanol–water partition coefficient (Wildman–Crippen LogP) is 3.65. The van der Waals surface area contributed by atoms with Gasteiger partial charge in [-0.2, -0.15) is 0 Å². The van der Waals surface area contributed by atoms with Crippen molar-refractivity contribution in [3.8, 4) is 0 Å². The molecule has 1 aliphatic rings. The van der Waals surface area contributed by atoms with Gasteiger partial charge in [0, 0.05) is 6.26 Å². The highest BCUT2D eigenvalue weighted by molar-refractivity contribution is 7.90. The Morgan fingerprint density at radius 1 is 1.26 bits per heavy atom. The van der Waals surface area contributed by atoms with Gasteiger partial charge in [0.25, 0.3) is 0 Å². The molecule has 0 bridgehead atoms. The fraction of sp³-hybridized carbons (Fsp3) is 0.611. The topological polar surface area (TPSA) is 71.4 Å². The van der Waals surface area contributed by atoms with E-state index in [2.05, 4.69) is 20.8 Å². The lowest BCUT2D eigenvalue weighted by molar-refractivity contribution is -0.140. The Balaban J connectivity index is 2.30. The Morgan fingerprint density at radius 3 is 2.17 bits per heavy atom. The molecule has 2 rings (SSSR count). The number of hydrogen-bond acceptors (Lipinski definition) is 3. The molecule has 0 spiro atoms. The largest absolute Gasteiger partial charge is 0.481 e. The molecule has 0 aromatic heterocycles. The summed E-state index contributed by atoms with van der Waals surface area (Å²) in [6, 6.07) is 6.37. The molecule has 2 atom stereocenters. The van der Waals surface area contributed by atoms with Gasteiger partial charge >= 0.3 is 5.97 Å². The fourth-order valence-corrected chi connectivity index (χ4v) is 4.08. The Morgan fingerprint density at radius 2 is 1.78 bits per heavy atom. The first kappa shape index (κ1) is 18.0. The molecule has 2 unspecified atom stereocenters. The first-order valence-electron chi connectivity index (χ1n) is 8.13. The van der Waals surface area contributed by atoms with Gasteiger partial charge in [0.2, 0.25) is 0 Å². The van der Waals surface area contributed by atoms with Crippen molar-refractivity contribution in [3.63, 3.8) is 0 Å². The van der Waals surface area contributed by atoms with E-state index in [1.165, 1.54) is 12.1 Å². The number of rotatable bonds is 7. The van der Waals surface area contributed by atoms with Gasteiger partial charge in [-0.25, -0.2) is 8.42 Å². The summed E-state index contributed by atoms with van der Waals surface area (Å²) in [4.78, 5) is 12.1. The lowest BCUT2D eigenvalue weighted by Gasteiger charge is -2.28. The van der Waals surface area contributed by atoms with Crippen molar-refractivity contribution >= 4 is 15.8 Å². The normalized spacial score (nSPS) is 24.4. The van der Waals surface area contributed by atoms with Crippen LogP contribution in [0.3, 0.4) is 0 Å². The van der Waals surface area contributed by atoms with Crippen LogP contribution in [0.4, 0.5) is 0 Å². The van der Waals surface area contributed by atoms with Crippen LogP contribution in [-0.4, -0.2) is 25.7 Å². The zero-order valence-electron chi connectivity index (χ0n) is 14.3. The maximum atomic E-state index is 11.9. The molecule has 0 amide bonds. The number of carbonyl (C=O) groups is 1. The zero-order valence-corrected chi connectivity index (χ0v) is 15.1. The van der Waals surface area contributed by atoms with E-state index >= 15 is 0 Å². The van der Waals surface area contributed by atoms with Crippen LogP contribution in [0, 0.1) is 11.3 Å². The molecule has 0 heterocycles. The summed E-state index contributed by atoms with van der Waals surface area (Å²) in [6.45, 7) is 6.51. The Kier molecular flexibility index (Phi) is 4.64. The molecule has 1 aliphatic carbocycles. The number of aliphatic carboxylic acids is 1. The second kappa shape index (κ2) is 5.93. The van der Waals surface area contributed by atoms with E-state index in [-0.39, 0.29) is 16.2 Å². The van der Waals surface area contributed by atoms with Crippen molar-refractivity contribution in [1.29, 1.82) is 0 Å². The molecule has 1 N–H and O–H groups in total. The van der Waals surface area contributed by atoms with Crippen LogP contribution in [0.5, 0.6) is 0 Å². The summed E-state index contributed by atoms with van der Waals surface area (Å²) in [6.07, 6.45) is 4.74. The van der Waals surface area contributed by atoms with Crippen LogP contribution >= 0.6 is 0 Å². The van der Waals surface area contributed by atoms with Gasteiger partial charge in [-0.3, -0.25) is 4.79 Å². The van der Waals surface area contributed by atoms with E-state index in [0.29, 0.717) is 6.42 Å². The Bertz CT molecular complexity index is 686. The second-order valence-corrected chi connectivity index (χ2v) is 9.21. The van der Waals surface area contributed by atoms with Crippen LogP contribution in [0.1, 0.15) is 52.0 Å². The van der Waals surface area contributed by atoms with E-state index in [1.807, 2.05) is 0 Å². The maximum Gasteiger partial charge on any atom is 0.314 e. The minimum absolute atomic E-state index is 0.119. The van der Waals surface area contributed by atoms with E-state index in [0.717, 1.165) is 31.1 Å². The molecule has 23 heavy (non-hydrogen) atoms. The average molecular weight is 338 g/mol. The van der Waals surface area contributed by atoms with Gasteiger partial charge < -0.3 is 5.11 Å². The number of hydrogen-bond donors (Lipinski definition) is 1. The zero-order chi connectivity index (χ0) is 17.5. The summed E-state index contributed by atoms with van der Waals surface area (Å²) >= 11 is 0. The van der Waals surface area contributed by atoms with Crippen molar-refractivity contribution in [1.82, 2.24) is 0 Å². The Hall–Kier alpha value is -1.36. The third-order valence-corrected chi connectivity index (χ3v) is 6.86. The molecule has 4 nitrogen and oxygen atoms in total. The summed E-state index contributed by atoms with van der Waals surface area (Å²) in [5, 5.41) is 9.78. The van der Waals surface area contributed by atoms with E-state index < -0.39 is 21.2 Å². The predicted molar refractivity (Wildman–Crippen MR) is 90.3 cm³/mol. The highest BCUT2D eigenvalue weighted by atomic mass is 32.2. The van der Waals surface area contributed by atoms with Gasteiger partial charge in [0.1, 0.15) is 0 Å². The molecule has 1 aromatic rings. The fourth-order valence-electron chi connectivity index (χ4n) is 3.45. The van der Waals surface area contributed by atoms with Crippen LogP contribution in [-0.2, 0) is 20.0 Å². The lowest BCUT2D eigenvalue weighted by Crippen LogP contribution is -2.25. The summed E-state index contributed by atoms with van der Waals surface area (Å²) in [7, 11) is -3.26. The monoisotopic (exact) mass is 338 g/mol. The molecule has 0 saturated heterocycles. The van der Waals surface area contributed by atoms with E-state index in [1.54, 1.807) is 12.1 Å². The summed E-state index contributed by atoms with van der Waals surface area (Å²) < 4.78 is 23.1. The van der Waals surface area contributed by atoms with Crippen molar-refractivity contribution in [2.45, 2.75) is 56.8 Å². The Labute approximate surface area is 138 Å². The van der Waals surface area contributed by atoms with Crippen LogP contribution in [0.25, 0.3) is 0 Å². The van der Waals surface area contributed by atoms with E-state index in [4.69, 9.17) is 0 Å². The van der Waals surface area contributed by atoms with Crippen LogP contribution in [0.15, 0.2) is 29.2 Å². The number of sulfone groups is 1. The van der Waals surface area contributed by atoms with Crippen molar-refractivity contribution in [3.05, 3.63) is 29.8 Å². The first-order chi connectivity index (χ1) is 10.6. The lowest BCUT2D eigenvalue weighted by atomic mass is 9.77. The standard InChI is InChI=1S/C18H26O4S/c1-5-17(3,6-2)11-14-12-18(14,16(19)20)13-7-9-15(10-8-13)23(4,21)22/h7-10,14H,5-6,11-12H2,1-4H3,(H,19,20). The van der Waals surface area contributed by atoms with Gasteiger partial charge in [-0.1, -0.05) is 45.7 Å². The molecular formula is C18H26O4S. The van der Waals surface area contributed by atoms with Crippen molar-refractivity contribution in [2.24, 2.45) is 11.3 Å². The molecule has 1 aromatic carbocycles. The van der Waals surface area contributed by atoms with Gasteiger partial charge in [-0.05, 0) is 41.9 Å². The van der Waals surface area contributed by atoms with Crippen molar-refractivity contribution < 1.29 is 18.3 Å². The number of benzene rings is 1. The third-order valence-electron chi connectivity index (χ3n) is 5.73. The van der Waals surface area contributed by atoms with Gasteiger partial charge in [0.05, 0.1) is 10.3 Å². The highest BCUT2D eigenvalue weighted by Crippen LogP contribution is 2.59. The number of carboxylic acid groups (broad SMARTS) is 1. The molecule has 1 saturated carbocycles. The number of carboxylic acids is 1. The minimum atomic E-state index is -3.26. The third kappa shape index (κ3) is 3.30. The highest BCUT2D eigenvalue weighted by Gasteiger charge is 2.62. The minimum Gasteiger partial charge on any atom is -0.481 e.